The highest BCUT2D eigenvalue weighted by Gasteiger charge is 2.35. The van der Waals surface area contributed by atoms with Crippen molar-refractivity contribution in [3.05, 3.63) is 35.4 Å². The van der Waals surface area contributed by atoms with Crippen molar-refractivity contribution in [3.63, 3.8) is 0 Å². The molecule has 0 saturated heterocycles. The lowest BCUT2D eigenvalue weighted by Crippen LogP contribution is -2.39. The molecule has 0 heterocycles. The molecular weight excluding hydrogens is 216 g/mol. The predicted molar refractivity (Wildman–Crippen MR) is 65.1 cm³/mol. The van der Waals surface area contributed by atoms with E-state index in [1.807, 2.05) is 24.3 Å². The molecular formula is C14H18O3. The number of hydrogen-bond acceptors (Lipinski definition) is 2. The molecule has 0 aromatic heterocycles. The zero-order valence-corrected chi connectivity index (χ0v) is 10.2. The Labute approximate surface area is 101 Å². The Morgan fingerprint density at radius 3 is 2.24 bits per heavy atom. The summed E-state index contributed by atoms with van der Waals surface area (Å²) in [7, 11) is 0. The monoisotopic (exact) mass is 234 g/mol. The Morgan fingerprint density at radius 1 is 1.29 bits per heavy atom. The van der Waals surface area contributed by atoms with E-state index in [2.05, 4.69) is 0 Å². The average molecular weight is 234 g/mol. The SMILES string of the molecule is CC(C)(c1ccc(C2CC2)cc1)C(O)C(=O)O. The molecule has 2 rings (SSSR count). The summed E-state index contributed by atoms with van der Waals surface area (Å²) in [6.07, 6.45) is 1.12. The molecule has 0 spiro atoms. The van der Waals surface area contributed by atoms with Gasteiger partial charge in [-0.1, -0.05) is 38.1 Å². The molecule has 0 amide bonds. The Morgan fingerprint density at radius 2 is 1.82 bits per heavy atom. The smallest absolute Gasteiger partial charge is 0.333 e. The first kappa shape index (κ1) is 12.1. The first-order chi connectivity index (χ1) is 7.93. The van der Waals surface area contributed by atoms with Gasteiger partial charge in [-0.3, -0.25) is 0 Å². The van der Waals surface area contributed by atoms with Gasteiger partial charge in [-0.05, 0) is 29.9 Å². The third-order valence-corrected chi connectivity index (χ3v) is 3.62. The van der Waals surface area contributed by atoms with Gasteiger partial charge in [0.2, 0.25) is 0 Å². The largest absolute Gasteiger partial charge is 0.479 e. The van der Waals surface area contributed by atoms with E-state index in [0.29, 0.717) is 5.92 Å². The van der Waals surface area contributed by atoms with Gasteiger partial charge in [-0.15, -0.1) is 0 Å². The number of aliphatic hydroxyl groups is 1. The van der Waals surface area contributed by atoms with Crippen LogP contribution in [0.2, 0.25) is 0 Å². The Kier molecular flexibility index (Phi) is 2.96. The summed E-state index contributed by atoms with van der Waals surface area (Å²) in [5.41, 5.74) is 1.40. The molecule has 1 aliphatic carbocycles. The molecule has 1 aromatic rings. The maximum atomic E-state index is 10.9. The van der Waals surface area contributed by atoms with Gasteiger partial charge in [-0.25, -0.2) is 4.79 Å². The van der Waals surface area contributed by atoms with Gasteiger partial charge in [0.15, 0.2) is 6.10 Å². The molecule has 1 unspecified atom stereocenters. The minimum atomic E-state index is -1.38. The highest BCUT2D eigenvalue weighted by atomic mass is 16.4. The summed E-state index contributed by atoms with van der Waals surface area (Å²) in [4.78, 5) is 10.9. The number of hydrogen-bond donors (Lipinski definition) is 2. The Hall–Kier alpha value is -1.35. The normalized spacial score (nSPS) is 17.8. The summed E-state index contributed by atoms with van der Waals surface area (Å²) in [5.74, 6) is -0.488. The van der Waals surface area contributed by atoms with Crippen LogP contribution in [-0.4, -0.2) is 22.3 Å². The lowest BCUT2D eigenvalue weighted by molar-refractivity contribution is -0.150. The fraction of sp³-hybridized carbons (Fsp3) is 0.500. The lowest BCUT2D eigenvalue weighted by atomic mass is 9.79. The van der Waals surface area contributed by atoms with E-state index in [1.54, 1.807) is 13.8 Å². The molecule has 3 heteroatoms. The molecule has 0 radical (unpaired) electrons. The van der Waals surface area contributed by atoms with Gasteiger partial charge in [0.1, 0.15) is 0 Å². The van der Waals surface area contributed by atoms with Crippen molar-refractivity contribution in [1.29, 1.82) is 0 Å². The van der Waals surface area contributed by atoms with Crippen LogP contribution in [0, 0.1) is 0 Å². The van der Waals surface area contributed by atoms with Crippen molar-refractivity contribution in [2.24, 2.45) is 0 Å². The van der Waals surface area contributed by atoms with Gasteiger partial charge in [-0.2, -0.15) is 0 Å². The predicted octanol–water partition coefficient (Wildman–Crippen LogP) is 2.29. The minimum Gasteiger partial charge on any atom is -0.479 e. The number of rotatable bonds is 4. The van der Waals surface area contributed by atoms with Crippen LogP contribution in [0.15, 0.2) is 24.3 Å². The first-order valence-electron chi connectivity index (χ1n) is 5.94. The zero-order chi connectivity index (χ0) is 12.6. The number of carboxylic acids is 1. The molecule has 0 aliphatic heterocycles. The maximum Gasteiger partial charge on any atom is 0.333 e. The first-order valence-corrected chi connectivity index (χ1v) is 5.94. The van der Waals surface area contributed by atoms with Gasteiger partial charge >= 0.3 is 5.97 Å². The van der Waals surface area contributed by atoms with Crippen LogP contribution in [0.4, 0.5) is 0 Å². The van der Waals surface area contributed by atoms with Crippen molar-refractivity contribution in [1.82, 2.24) is 0 Å². The molecule has 2 N–H and O–H groups in total. The quantitative estimate of drug-likeness (QED) is 0.840. The van der Waals surface area contributed by atoms with Crippen LogP contribution in [0.25, 0.3) is 0 Å². The van der Waals surface area contributed by atoms with Gasteiger partial charge in [0.05, 0.1) is 0 Å². The summed E-state index contributed by atoms with van der Waals surface area (Å²) >= 11 is 0. The summed E-state index contributed by atoms with van der Waals surface area (Å²) in [5, 5.41) is 18.6. The van der Waals surface area contributed by atoms with Crippen LogP contribution >= 0.6 is 0 Å². The van der Waals surface area contributed by atoms with Crippen LogP contribution in [0.3, 0.4) is 0 Å². The molecule has 3 nitrogen and oxygen atoms in total. The molecule has 1 saturated carbocycles. The van der Waals surface area contributed by atoms with E-state index in [1.165, 1.54) is 18.4 Å². The van der Waals surface area contributed by atoms with Crippen molar-refractivity contribution in [3.8, 4) is 0 Å². The van der Waals surface area contributed by atoms with Gasteiger partial charge in [0, 0.05) is 5.41 Å². The molecule has 17 heavy (non-hydrogen) atoms. The number of aliphatic hydroxyl groups excluding tert-OH is 1. The summed E-state index contributed by atoms with van der Waals surface area (Å²) < 4.78 is 0. The van der Waals surface area contributed by atoms with E-state index >= 15 is 0 Å². The molecule has 1 atom stereocenters. The van der Waals surface area contributed by atoms with Crippen LogP contribution in [0.5, 0.6) is 0 Å². The minimum absolute atomic E-state index is 0.691. The van der Waals surface area contributed by atoms with Gasteiger partial charge < -0.3 is 10.2 Å². The van der Waals surface area contributed by atoms with Crippen molar-refractivity contribution in [2.75, 3.05) is 0 Å². The van der Waals surface area contributed by atoms with Crippen molar-refractivity contribution >= 4 is 5.97 Å². The molecule has 0 bridgehead atoms. The standard InChI is InChI=1S/C14H18O3/c1-14(2,12(15)13(16)17)11-7-5-10(6-8-11)9-3-4-9/h5-9,12,15H,3-4H2,1-2H3,(H,16,17). The number of carbonyl (C=O) groups is 1. The van der Waals surface area contributed by atoms with Crippen molar-refractivity contribution < 1.29 is 15.0 Å². The number of carboxylic acid groups (broad SMARTS) is 1. The molecule has 1 aromatic carbocycles. The van der Waals surface area contributed by atoms with E-state index in [9.17, 15) is 9.90 Å². The summed E-state index contributed by atoms with van der Waals surface area (Å²) in [6, 6.07) is 7.95. The van der Waals surface area contributed by atoms with Crippen LogP contribution in [-0.2, 0) is 10.2 Å². The van der Waals surface area contributed by atoms with Crippen molar-refractivity contribution in [2.45, 2.75) is 44.1 Å². The highest BCUT2D eigenvalue weighted by Crippen LogP contribution is 2.40. The van der Waals surface area contributed by atoms with E-state index in [0.717, 1.165) is 5.56 Å². The van der Waals surface area contributed by atoms with E-state index in [-0.39, 0.29) is 0 Å². The van der Waals surface area contributed by atoms with Crippen LogP contribution in [0.1, 0.15) is 43.7 Å². The van der Waals surface area contributed by atoms with Gasteiger partial charge in [0.25, 0.3) is 0 Å². The second-order valence-corrected chi connectivity index (χ2v) is 5.36. The molecule has 1 aliphatic rings. The third-order valence-electron chi connectivity index (χ3n) is 3.62. The average Bonchev–Trinajstić information content (AvgIpc) is 3.12. The second-order valence-electron chi connectivity index (χ2n) is 5.36. The second kappa shape index (κ2) is 4.15. The third kappa shape index (κ3) is 2.34. The molecule has 92 valence electrons. The highest BCUT2D eigenvalue weighted by molar-refractivity contribution is 5.74. The maximum absolute atomic E-state index is 10.9. The zero-order valence-electron chi connectivity index (χ0n) is 10.2. The lowest BCUT2D eigenvalue weighted by Gasteiger charge is -2.28. The topological polar surface area (TPSA) is 57.5 Å². The molecule has 1 fully saturated rings. The fourth-order valence-electron chi connectivity index (χ4n) is 2.07. The van der Waals surface area contributed by atoms with E-state index in [4.69, 9.17) is 5.11 Å². The number of aliphatic carboxylic acids is 1. The van der Waals surface area contributed by atoms with Crippen LogP contribution < -0.4 is 0 Å². The summed E-state index contributed by atoms with van der Waals surface area (Å²) in [6.45, 7) is 3.50. The Bertz CT molecular complexity index is 416. The van der Waals surface area contributed by atoms with E-state index < -0.39 is 17.5 Å². The number of benzene rings is 1. The Balaban J connectivity index is 2.22. The fourth-order valence-corrected chi connectivity index (χ4v) is 2.07.